The maximum Gasteiger partial charge on any atom is 0.339 e. The highest BCUT2D eigenvalue weighted by Gasteiger charge is 2.26. The number of cyclic esters (lactones) is 1. The smallest absolute Gasteiger partial charge is 0.339 e. The Hall–Kier alpha value is -2.09. The second-order valence-electron chi connectivity index (χ2n) is 7.80. The number of esters is 1. The van der Waals surface area contributed by atoms with E-state index in [4.69, 9.17) is 4.74 Å². The van der Waals surface area contributed by atoms with Gasteiger partial charge in [-0.05, 0) is 56.2 Å². The maximum atomic E-state index is 11.1. The number of carbonyl (C=O) groups excluding carboxylic acids is 1. The fourth-order valence-corrected chi connectivity index (χ4v) is 3.64. The molecule has 3 aliphatic rings. The van der Waals surface area contributed by atoms with Crippen LogP contribution in [0.25, 0.3) is 0 Å². The molecule has 2 aromatic rings. The van der Waals surface area contributed by atoms with Crippen molar-refractivity contribution in [3.63, 3.8) is 0 Å². The van der Waals surface area contributed by atoms with Crippen molar-refractivity contribution in [1.82, 2.24) is 0 Å². The summed E-state index contributed by atoms with van der Waals surface area (Å²) in [6.45, 7) is 18.4. The number of benzene rings is 2. The fourth-order valence-electron chi connectivity index (χ4n) is 3.64. The number of fused-ring (bicyclic) bond motifs is 2. The Morgan fingerprint density at radius 3 is 1.88 bits per heavy atom. The van der Waals surface area contributed by atoms with Crippen LogP contribution < -0.4 is 0 Å². The van der Waals surface area contributed by atoms with E-state index in [0.717, 1.165) is 11.5 Å². The summed E-state index contributed by atoms with van der Waals surface area (Å²) < 4.78 is 4.99. The molecule has 2 aliphatic carbocycles. The molecule has 180 valence electrons. The van der Waals surface area contributed by atoms with Crippen molar-refractivity contribution in [2.24, 2.45) is 5.92 Å². The first-order chi connectivity index (χ1) is 15.5. The summed E-state index contributed by atoms with van der Waals surface area (Å²) in [7, 11) is 0. The van der Waals surface area contributed by atoms with E-state index >= 15 is 0 Å². The fraction of sp³-hybridized carbons (Fsp3) is 0.567. The van der Waals surface area contributed by atoms with E-state index < -0.39 is 0 Å². The van der Waals surface area contributed by atoms with Crippen LogP contribution >= 0.6 is 0 Å². The van der Waals surface area contributed by atoms with Crippen LogP contribution in [0.4, 0.5) is 0 Å². The SMILES string of the molecule is CC.CC.CC.CC1CCC1.CC1OC(=O)c2ccccc21.Cc1ccc2c(c1)CCC2. The molecule has 2 nitrogen and oxygen atoms in total. The van der Waals surface area contributed by atoms with Crippen molar-refractivity contribution in [2.45, 2.75) is 107 Å². The largest absolute Gasteiger partial charge is 0.454 e. The molecule has 1 atom stereocenters. The quantitative estimate of drug-likeness (QED) is 0.381. The predicted molar refractivity (Wildman–Crippen MR) is 141 cm³/mol. The minimum absolute atomic E-state index is 0.0706. The second kappa shape index (κ2) is 17.5. The lowest BCUT2D eigenvalue weighted by Crippen LogP contribution is -2.04. The average Bonchev–Trinajstić information content (AvgIpc) is 3.41. The van der Waals surface area contributed by atoms with E-state index in [1.807, 2.05) is 66.7 Å². The Bertz CT molecular complexity index is 759. The van der Waals surface area contributed by atoms with Crippen molar-refractivity contribution in [3.05, 3.63) is 70.3 Å². The van der Waals surface area contributed by atoms with Gasteiger partial charge in [-0.1, -0.05) is 110 Å². The highest BCUT2D eigenvalue weighted by Crippen LogP contribution is 2.29. The van der Waals surface area contributed by atoms with Crippen LogP contribution in [-0.4, -0.2) is 5.97 Å². The molecule has 1 unspecified atom stereocenters. The summed E-state index contributed by atoms with van der Waals surface area (Å²) >= 11 is 0. The predicted octanol–water partition coefficient (Wildman–Crippen LogP) is 9.29. The zero-order chi connectivity index (χ0) is 24.5. The third-order valence-electron chi connectivity index (χ3n) is 5.55. The summed E-state index contributed by atoms with van der Waals surface area (Å²) in [5.74, 6) is 0.864. The number of aryl methyl sites for hydroxylation is 3. The van der Waals surface area contributed by atoms with Crippen LogP contribution in [0.5, 0.6) is 0 Å². The Balaban J connectivity index is 0.000000421. The molecule has 2 heteroatoms. The molecule has 32 heavy (non-hydrogen) atoms. The van der Waals surface area contributed by atoms with Crippen LogP contribution in [-0.2, 0) is 17.6 Å². The third-order valence-corrected chi connectivity index (χ3v) is 5.55. The molecular formula is C30H48O2. The molecular weight excluding hydrogens is 392 g/mol. The zero-order valence-electron chi connectivity index (χ0n) is 22.3. The first kappa shape index (κ1) is 29.9. The molecule has 1 heterocycles. The van der Waals surface area contributed by atoms with Gasteiger partial charge in [0.15, 0.2) is 0 Å². The Kier molecular flexibility index (Phi) is 16.3. The monoisotopic (exact) mass is 440 g/mol. The van der Waals surface area contributed by atoms with Gasteiger partial charge >= 0.3 is 5.97 Å². The maximum absolute atomic E-state index is 11.1. The molecule has 0 bridgehead atoms. The van der Waals surface area contributed by atoms with E-state index in [2.05, 4.69) is 32.0 Å². The van der Waals surface area contributed by atoms with Crippen molar-refractivity contribution in [1.29, 1.82) is 0 Å². The third kappa shape index (κ3) is 9.59. The minimum atomic E-state index is -0.201. The van der Waals surface area contributed by atoms with Gasteiger partial charge in [0.25, 0.3) is 0 Å². The normalized spacial score (nSPS) is 16.7. The van der Waals surface area contributed by atoms with Crippen LogP contribution in [0.1, 0.15) is 120 Å². The first-order valence-electron chi connectivity index (χ1n) is 12.9. The minimum Gasteiger partial charge on any atom is -0.454 e. The molecule has 1 aliphatic heterocycles. The Labute approximate surface area is 198 Å². The number of ether oxygens (including phenoxy) is 1. The highest BCUT2D eigenvalue weighted by molar-refractivity contribution is 5.93. The second-order valence-corrected chi connectivity index (χ2v) is 7.80. The van der Waals surface area contributed by atoms with Crippen molar-refractivity contribution < 1.29 is 9.53 Å². The summed E-state index contributed by atoms with van der Waals surface area (Å²) in [6.07, 6.45) is 8.35. The topological polar surface area (TPSA) is 26.3 Å². The molecule has 0 saturated heterocycles. The van der Waals surface area contributed by atoms with Crippen LogP contribution in [0.2, 0.25) is 0 Å². The van der Waals surface area contributed by atoms with E-state index in [0.29, 0.717) is 5.56 Å². The van der Waals surface area contributed by atoms with E-state index in [1.165, 1.54) is 44.1 Å². The molecule has 0 radical (unpaired) electrons. The molecule has 0 spiro atoms. The summed E-state index contributed by atoms with van der Waals surface area (Å²) in [4.78, 5) is 11.1. The molecule has 0 aromatic heterocycles. The van der Waals surface area contributed by atoms with Gasteiger partial charge in [-0.3, -0.25) is 0 Å². The van der Waals surface area contributed by atoms with Crippen molar-refractivity contribution in [2.75, 3.05) is 0 Å². The molecule has 0 amide bonds. The Morgan fingerprint density at radius 2 is 1.34 bits per heavy atom. The summed E-state index contributed by atoms with van der Waals surface area (Å²) in [6, 6.07) is 14.3. The van der Waals surface area contributed by atoms with Crippen molar-refractivity contribution >= 4 is 5.97 Å². The van der Waals surface area contributed by atoms with E-state index in [1.54, 1.807) is 17.2 Å². The lowest BCUT2D eigenvalue weighted by Gasteiger charge is -2.18. The lowest BCUT2D eigenvalue weighted by molar-refractivity contribution is 0.0422. The molecule has 1 saturated carbocycles. The molecule has 0 N–H and O–H groups in total. The number of carbonyl (C=O) groups is 1. The average molecular weight is 441 g/mol. The van der Waals surface area contributed by atoms with Gasteiger partial charge in [0.2, 0.25) is 0 Å². The van der Waals surface area contributed by atoms with Crippen molar-refractivity contribution in [3.8, 4) is 0 Å². The lowest BCUT2D eigenvalue weighted by atomic mass is 9.88. The van der Waals surface area contributed by atoms with Crippen LogP contribution in [0.15, 0.2) is 42.5 Å². The van der Waals surface area contributed by atoms with Crippen LogP contribution in [0, 0.1) is 12.8 Å². The number of hydrogen-bond acceptors (Lipinski definition) is 2. The zero-order valence-corrected chi connectivity index (χ0v) is 22.3. The van der Waals surface area contributed by atoms with Gasteiger partial charge in [-0.25, -0.2) is 4.79 Å². The number of hydrogen-bond donors (Lipinski definition) is 0. The summed E-state index contributed by atoms with van der Waals surface area (Å²) in [5.41, 5.74) is 6.27. The standard InChI is InChI=1S/C10H12.C9H8O2.C5H10.3C2H6/c1-8-5-6-9-3-2-4-10(9)7-8;1-6-7-4-2-3-5-8(7)9(10)11-6;1-5-3-2-4-5;3*1-2/h5-7H,2-4H2,1H3;2-6H,1H3;5H,2-4H2,1H3;3*1-2H3. The highest BCUT2D eigenvalue weighted by atomic mass is 16.5. The molecule has 1 fully saturated rings. The molecule has 5 rings (SSSR count). The van der Waals surface area contributed by atoms with Crippen LogP contribution in [0.3, 0.4) is 0 Å². The van der Waals surface area contributed by atoms with Gasteiger partial charge in [0, 0.05) is 5.56 Å². The Morgan fingerprint density at radius 1 is 0.781 bits per heavy atom. The van der Waals surface area contributed by atoms with Gasteiger partial charge < -0.3 is 4.74 Å². The van der Waals surface area contributed by atoms with Gasteiger partial charge in [-0.2, -0.15) is 0 Å². The van der Waals surface area contributed by atoms with E-state index in [-0.39, 0.29) is 12.1 Å². The number of rotatable bonds is 0. The first-order valence-corrected chi connectivity index (χ1v) is 12.9. The summed E-state index contributed by atoms with van der Waals surface area (Å²) in [5, 5.41) is 0. The van der Waals surface area contributed by atoms with Gasteiger partial charge in [0.05, 0.1) is 5.56 Å². The van der Waals surface area contributed by atoms with Gasteiger partial charge in [0.1, 0.15) is 6.10 Å². The molecule has 2 aromatic carbocycles. The van der Waals surface area contributed by atoms with Gasteiger partial charge in [-0.15, -0.1) is 0 Å². The van der Waals surface area contributed by atoms with E-state index in [9.17, 15) is 4.79 Å².